The molecule has 0 saturated heterocycles. The van der Waals surface area contributed by atoms with E-state index in [0.29, 0.717) is 21.5 Å². The van der Waals surface area contributed by atoms with Crippen LogP contribution in [0.3, 0.4) is 0 Å². The maximum atomic E-state index is 12.9. The van der Waals surface area contributed by atoms with Gasteiger partial charge in [-0.3, -0.25) is 10.1 Å². The Bertz CT molecular complexity index is 1270. The number of benzene rings is 1. The summed E-state index contributed by atoms with van der Waals surface area (Å²) in [5, 5.41) is 24.4. The van der Waals surface area contributed by atoms with Gasteiger partial charge in [0.05, 0.1) is 29.0 Å². The largest absolute Gasteiger partial charge is 0.377 e. The van der Waals surface area contributed by atoms with Crippen molar-refractivity contribution in [3.05, 3.63) is 59.7 Å². The van der Waals surface area contributed by atoms with Crippen LogP contribution in [0.2, 0.25) is 0 Å². The van der Waals surface area contributed by atoms with Crippen molar-refractivity contribution in [1.82, 2.24) is 25.0 Å². The predicted octanol–water partition coefficient (Wildman–Crippen LogP) is 4.58. The van der Waals surface area contributed by atoms with Crippen molar-refractivity contribution in [3.8, 4) is 17.3 Å². The van der Waals surface area contributed by atoms with Gasteiger partial charge in [-0.15, -0.1) is 0 Å². The molecule has 30 heavy (non-hydrogen) atoms. The lowest BCUT2D eigenvalue weighted by atomic mass is 9.91. The van der Waals surface area contributed by atoms with E-state index in [2.05, 4.69) is 31.7 Å². The van der Waals surface area contributed by atoms with Crippen LogP contribution >= 0.6 is 0 Å². The van der Waals surface area contributed by atoms with Gasteiger partial charge in [-0.25, -0.2) is 4.68 Å². The van der Waals surface area contributed by atoms with Crippen molar-refractivity contribution < 1.29 is 8.78 Å². The number of nitrogens with one attached hydrogen (secondary N) is 2. The predicted molar refractivity (Wildman–Crippen MR) is 107 cm³/mol. The Kier molecular flexibility index (Phi) is 4.39. The molecule has 3 aromatic heterocycles. The summed E-state index contributed by atoms with van der Waals surface area (Å²) in [4.78, 5) is 4.52. The number of alkyl halides is 2. The highest BCUT2D eigenvalue weighted by Gasteiger charge is 2.22. The second kappa shape index (κ2) is 7.22. The Morgan fingerprint density at radius 1 is 1.27 bits per heavy atom. The molecule has 5 rings (SSSR count). The minimum absolute atomic E-state index is 0.0378. The van der Waals surface area contributed by atoms with Crippen molar-refractivity contribution >= 4 is 16.6 Å². The van der Waals surface area contributed by atoms with Gasteiger partial charge in [0.2, 0.25) is 0 Å². The van der Waals surface area contributed by atoms with Crippen molar-refractivity contribution in [3.63, 3.8) is 0 Å². The lowest BCUT2D eigenvalue weighted by molar-refractivity contribution is 0.0566. The molecule has 0 fully saturated rings. The van der Waals surface area contributed by atoms with E-state index in [0.717, 1.165) is 47.1 Å². The Labute approximate surface area is 170 Å². The van der Waals surface area contributed by atoms with Crippen LogP contribution in [0.15, 0.2) is 42.9 Å². The minimum atomic E-state index is -2.69. The Morgan fingerprint density at radius 2 is 2.17 bits per heavy atom. The van der Waals surface area contributed by atoms with Gasteiger partial charge in [0.1, 0.15) is 11.8 Å². The maximum absolute atomic E-state index is 12.9. The molecule has 0 saturated carbocycles. The fourth-order valence-electron chi connectivity index (χ4n) is 3.96. The molecule has 2 N–H and O–H groups in total. The van der Waals surface area contributed by atoms with Crippen LogP contribution < -0.4 is 5.32 Å². The minimum Gasteiger partial charge on any atom is -0.377 e. The van der Waals surface area contributed by atoms with Gasteiger partial charge >= 0.3 is 6.55 Å². The van der Waals surface area contributed by atoms with Crippen LogP contribution in [0.25, 0.3) is 22.2 Å². The zero-order valence-electron chi connectivity index (χ0n) is 15.8. The van der Waals surface area contributed by atoms with Crippen molar-refractivity contribution in [2.24, 2.45) is 0 Å². The van der Waals surface area contributed by atoms with E-state index < -0.39 is 6.55 Å². The molecular formula is C21H17F2N7. The molecule has 0 bridgehead atoms. The van der Waals surface area contributed by atoms with Gasteiger partial charge < -0.3 is 5.32 Å². The number of H-pyrrole nitrogens is 1. The molecule has 0 aliphatic heterocycles. The summed E-state index contributed by atoms with van der Waals surface area (Å²) >= 11 is 0. The SMILES string of the molecule is N#Cc1cnc2c(c1)CCCC2Nc1ccc2[nH]nc(-c3cnn(C(F)F)c3)c2c1. The van der Waals surface area contributed by atoms with Crippen molar-refractivity contribution in [1.29, 1.82) is 5.26 Å². The van der Waals surface area contributed by atoms with Gasteiger partial charge in [-0.05, 0) is 49.1 Å². The van der Waals surface area contributed by atoms with Gasteiger partial charge in [-0.2, -0.15) is 24.2 Å². The quantitative estimate of drug-likeness (QED) is 0.518. The van der Waals surface area contributed by atoms with Crippen molar-refractivity contribution in [2.75, 3.05) is 5.32 Å². The molecule has 1 aliphatic rings. The molecule has 0 radical (unpaired) electrons. The highest BCUT2D eigenvalue weighted by molar-refractivity contribution is 5.94. The third-order valence-corrected chi connectivity index (χ3v) is 5.38. The number of aryl methyl sites for hydroxylation is 1. The van der Waals surface area contributed by atoms with Crippen LogP contribution in [-0.2, 0) is 6.42 Å². The highest BCUT2D eigenvalue weighted by Crippen LogP contribution is 2.34. The summed E-state index contributed by atoms with van der Waals surface area (Å²) in [6.07, 6.45) is 7.13. The first kappa shape index (κ1) is 18.2. The third kappa shape index (κ3) is 3.16. The maximum Gasteiger partial charge on any atom is 0.333 e. The summed E-state index contributed by atoms with van der Waals surface area (Å²) in [5.41, 5.74) is 5.42. The normalized spacial score (nSPS) is 15.9. The van der Waals surface area contributed by atoms with Crippen molar-refractivity contribution in [2.45, 2.75) is 31.9 Å². The Hall–Kier alpha value is -3.80. The molecule has 0 amide bonds. The number of fused-ring (bicyclic) bond motifs is 2. The standard InChI is InChI=1S/C21H17F2N7/c22-21(23)30-11-14(10-26-30)19-16-7-15(4-5-17(16)28-29-19)27-18-3-1-2-13-6-12(8-24)9-25-20(13)18/h4-7,9-11,18,21,27H,1-3H2,(H,28,29). The second-order valence-corrected chi connectivity index (χ2v) is 7.29. The molecule has 1 aliphatic carbocycles. The van der Waals surface area contributed by atoms with Crippen LogP contribution in [0.1, 0.15) is 42.3 Å². The Morgan fingerprint density at radius 3 is 2.97 bits per heavy atom. The summed E-state index contributed by atoms with van der Waals surface area (Å²) in [6.45, 7) is -2.69. The number of nitriles is 1. The van der Waals surface area contributed by atoms with E-state index in [4.69, 9.17) is 5.26 Å². The van der Waals surface area contributed by atoms with E-state index >= 15 is 0 Å². The molecule has 0 spiro atoms. The summed E-state index contributed by atoms with van der Waals surface area (Å²) in [5.74, 6) is 0. The fourth-order valence-corrected chi connectivity index (χ4v) is 3.96. The van der Waals surface area contributed by atoms with Crippen LogP contribution in [0.4, 0.5) is 14.5 Å². The van der Waals surface area contributed by atoms with E-state index in [9.17, 15) is 8.78 Å². The smallest absolute Gasteiger partial charge is 0.333 e. The molecule has 4 aromatic rings. The summed E-state index contributed by atoms with van der Waals surface area (Å²) < 4.78 is 26.3. The van der Waals surface area contributed by atoms with E-state index in [1.54, 1.807) is 6.20 Å². The lowest BCUT2D eigenvalue weighted by Crippen LogP contribution is -2.19. The van der Waals surface area contributed by atoms with Crippen LogP contribution in [0.5, 0.6) is 0 Å². The molecule has 1 unspecified atom stereocenters. The molecule has 1 atom stereocenters. The molecule has 1 aromatic carbocycles. The monoisotopic (exact) mass is 405 g/mol. The third-order valence-electron chi connectivity index (χ3n) is 5.38. The van der Waals surface area contributed by atoms with Gasteiger partial charge in [0, 0.05) is 29.0 Å². The van der Waals surface area contributed by atoms with Gasteiger partial charge in [0.25, 0.3) is 0 Å². The van der Waals surface area contributed by atoms with Gasteiger partial charge in [0.15, 0.2) is 0 Å². The first-order valence-electron chi connectivity index (χ1n) is 9.58. The summed E-state index contributed by atoms with van der Waals surface area (Å²) in [6, 6.07) is 9.89. The number of aromatic nitrogens is 5. The topological polar surface area (TPSA) is 95.2 Å². The number of rotatable bonds is 4. The number of hydrogen-bond acceptors (Lipinski definition) is 5. The van der Waals surface area contributed by atoms with Crippen LogP contribution in [0, 0.1) is 11.3 Å². The number of nitrogens with zero attached hydrogens (tertiary/aromatic N) is 5. The molecule has 150 valence electrons. The van der Waals surface area contributed by atoms with E-state index in [1.807, 2.05) is 24.3 Å². The van der Waals surface area contributed by atoms with Crippen LogP contribution in [-0.4, -0.2) is 25.0 Å². The first-order chi connectivity index (χ1) is 14.6. The zero-order chi connectivity index (χ0) is 20.7. The fraction of sp³-hybridized carbons (Fsp3) is 0.238. The number of anilines is 1. The molecule has 9 heteroatoms. The molecule has 3 heterocycles. The van der Waals surface area contributed by atoms with E-state index in [-0.39, 0.29) is 6.04 Å². The number of pyridine rings is 1. The summed E-state index contributed by atoms with van der Waals surface area (Å²) in [7, 11) is 0. The number of aromatic amines is 1. The number of halogens is 2. The zero-order valence-corrected chi connectivity index (χ0v) is 15.8. The number of hydrogen-bond donors (Lipinski definition) is 2. The molecular weight excluding hydrogens is 388 g/mol. The lowest BCUT2D eigenvalue weighted by Gasteiger charge is -2.26. The molecule has 7 nitrogen and oxygen atoms in total. The Balaban J connectivity index is 1.47. The average Bonchev–Trinajstić information content (AvgIpc) is 3.40. The highest BCUT2D eigenvalue weighted by atomic mass is 19.3. The average molecular weight is 405 g/mol. The first-order valence-corrected chi connectivity index (χ1v) is 9.58. The van der Waals surface area contributed by atoms with Gasteiger partial charge in [-0.1, -0.05) is 0 Å². The second-order valence-electron chi connectivity index (χ2n) is 7.29. The van der Waals surface area contributed by atoms with E-state index in [1.165, 1.54) is 12.4 Å².